The van der Waals surface area contributed by atoms with Crippen LogP contribution in [0, 0.1) is 6.92 Å². The summed E-state index contributed by atoms with van der Waals surface area (Å²) in [5, 5.41) is 7.75. The second-order valence-electron chi connectivity index (χ2n) is 4.98. The normalized spacial score (nSPS) is 12.6. The highest BCUT2D eigenvalue weighted by Gasteiger charge is 2.10. The molecule has 1 aromatic heterocycles. The van der Waals surface area contributed by atoms with Crippen LogP contribution in [-0.2, 0) is 6.42 Å². The molecule has 1 unspecified atom stereocenters. The molecule has 0 aliphatic heterocycles. The molecule has 1 heterocycles. The zero-order chi connectivity index (χ0) is 14.4. The number of halogens is 1. The summed E-state index contributed by atoms with van der Waals surface area (Å²) >= 11 is 7.70. The highest BCUT2D eigenvalue weighted by Crippen LogP contribution is 2.20. The number of hydrogen-bond donors (Lipinski definition) is 1. The van der Waals surface area contributed by atoms with E-state index in [2.05, 4.69) is 34.7 Å². The lowest BCUT2D eigenvalue weighted by atomic mass is 10.0. The number of aromatic nitrogens is 1. The van der Waals surface area contributed by atoms with Gasteiger partial charge in [-0.2, -0.15) is 0 Å². The Morgan fingerprint density at radius 1 is 1.30 bits per heavy atom. The van der Waals surface area contributed by atoms with E-state index in [4.69, 9.17) is 11.6 Å². The standard InChI is InChI=1S/C16H21ClN2S/c1-3-4-15(13-5-7-14(17)8-6-13)18-10-9-16-19-12(2)11-20-16/h5-8,11,15,18H,3-4,9-10H2,1-2H3. The quantitative estimate of drug-likeness (QED) is 0.796. The lowest BCUT2D eigenvalue weighted by Gasteiger charge is -2.18. The van der Waals surface area contributed by atoms with Crippen LogP contribution in [0.25, 0.3) is 0 Å². The molecule has 4 heteroatoms. The average molecular weight is 309 g/mol. The summed E-state index contributed by atoms with van der Waals surface area (Å²) in [7, 11) is 0. The van der Waals surface area contributed by atoms with Gasteiger partial charge in [-0.3, -0.25) is 0 Å². The molecule has 0 saturated heterocycles. The molecule has 0 fully saturated rings. The van der Waals surface area contributed by atoms with Gasteiger partial charge in [0.15, 0.2) is 0 Å². The molecule has 2 aromatic rings. The summed E-state index contributed by atoms with van der Waals surface area (Å²) in [6.45, 7) is 5.22. The van der Waals surface area contributed by atoms with E-state index in [1.54, 1.807) is 11.3 Å². The zero-order valence-corrected chi connectivity index (χ0v) is 13.6. The summed E-state index contributed by atoms with van der Waals surface area (Å²) in [6.07, 6.45) is 3.29. The van der Waals surface area contributed by atoms with Crippen LogP contribution in [0.4, 0.5) is 0 Å². The van der Waals surface area contributed by atoms with Gasteiger partial charge < -0.3 is 5.32 Å². The molecule has 0 bridgehead atoms. The minimum atomic E-state index is 0.401. The Morgan fingerprint density at radius 2 is 2.05 bits per heavy atom. The first-order valence-corrected chi connectivity index (χ1v) is 8.34. The van der Waals surface area contributed by atoms with Gasteiger partial charge in [0.05, 0.1) is 5.01 Å². The molecule has 0 aliphatic carbocycles. The largest absolute Gasteiger partial charge is 0.310 e. The lowest BCUT2D eigenvalue weighted by molar-refractivity contribution is 0.497. The molecule has 1 atom stereocenters. The predicted molar refractivity (Wildman–Crippen MR) is 87.7 cm³/mol. The van der Waals surface area contributed by atoms with Gasteiger partial charge in [-0.05, 0) is 31.0 Å². The molecular weight excluding hydrogens is 288 g/mol. The monoisotopic (exact) mass is 308 g/mol. The third kappa shape index (κ3) is 4.58. The zero-order valence-electron chi connectivity index (χ0n) is 12.0. The average Bonchev–Trinajstić information content (AvgIpc) is 2.84. The Morgan fingerprint density at radius 3 is 2.65 bits per heavy atom. The van der Waals surface area contributed by atoms with Gasteiger partial charge in [0.2, 0.25) is 0 Å². The number of nitrogens with zero attached hydrogens (tertiary/aromatic N) is 1. The number of rotatable bonds is 7. The van der Waals surface area contributed by atoms with Gasteiger partial charge in [-0.25, -0.2) is 4.98 Å². The summed E-state index contributed by atoms with van der Waals surface area (Å²) in [5.74, 6) is 0. The Labute approximate surface area is 130 Å². The van der Waals surface area contributed by atoms with Crippen molar-refractivity contribution < 1.29 is 0 Å². The fraction of sp³-hybridized carbons (Fsp3) is 0.438. The number of hydrogen-bond acceptors (Lipinski definition) is 3. The van der Waals surface area contributed by atoms with Crippen molar-refractivity contribution in [2.45, 2.75) is 39.2 Å². The topological polar surface area (TPSA) is 24.9 Å². The first-order chi connectivity index (χ1) is 9.69. The fourth-order valence-corrected chi connectivity index (χ4v) is 3.14. The molecule has 108 valence electrons. The minimum absolute atomic E-state index is 0.401. The first kappa shape index (κ1) is 15.5. The second kappa shape index (κ2) is 7.77. The maximum atomic E-state index is 5.95. The van der Waals surface area contributed by atoms with Gasteiger partial charge in [-0.1, -0.05) is 37.1 Å². The van der Waals surface area contributed by atoms with E-state index in [1.165, 1.54) is 10.6 Å². The number of aryl methyl sites for hydroxylation is 1. The summed E-state index contributed by atoms with van der Waals surface area (Å²) in [6, 6.07) is 8.56. The van der Waals surface area contributed by atoms with Crippen LogP contribution in [0.3, 0.4) is 0 Å². The fourth-order valence-electron chi connectivity index (χ4n) is 2.24. The van der Waals surface area contributed by atoms with Crippen LogP contribution >= 0.6 is 22.9 Å². The van der Waals surface area contributed by atoms with Crippen molar-refractivity contribution in [2.24, 2.45) is 0 Å². The number of nitrogens with one attached hydrogen (secondary N) is 1. The van der Waals surface area contributed by atoms with E-state index < -0.39 is 0 Å². The molecule has 20 heavy (non-hydrogen) atoms. The Balaban J connectivity index is 1.90. The summed E-state index contributed by atoms with van der Waals surface area (Å²) < 4.78 is 0. The molecule has 2 rings (SSSR count). The third-order valence-electron chi connectivity index (χ3n) is 3.25. The van der Waals surface area contributed by atoms with Crippen LogP contribution in [0.15, 0.2) is 29.6 Å². The van der Waals surface area contributed by atoms with Gasteiger partial charge >= 0.3 is 0 Å². The van der Waals surface area contributed by atoms with E-state index in [-0.39, 0.29) is 0 Å². The maximum Gasteiger partial charge on any atom is 0.0940 e. The molecule has 0 aliphatic rings. The lowest BCUT2D eigenvalue weighted by Crippen LogP contribution is -2.23. The molecule has 2 nitrogen and oxygen atoms in total. The first-order valence-electron chi connectivity index (χ1n) is 7.09. The van der Waals surface area contributed by atoms with Crippen molar-refractivity contribution in [2.75, 3.05) is 6.54 Å². The van der Waals surface area contributed by atoms with Crippen molar-refractivity contribution in [1.29, 1.82) is 0 Å². The highest BCUT2D eigenvalue weighted by molar-refractivity contribution is 7.09. The summed E-state index contributed by atoms with van der Waals surface area (Å²) in [4.78, 5) is 4.50. The van der Waals surface area contributed by atoms with Crippen LogP contribution in [0.2, 0.25) is 5.02 Å². The van der Waals surface area contributed by atoms with Gasteiger partial charge in [0, 0.05) is 35.1 Å². The van der Waals surface area contributed by atoms with E-state index >= 15 is 0 Å². The number of benzene rings is 1. The van der Waals surface area contributed by atoms with Gasteiger partial charge in [0.1, 0.15) is 0 Å². The third-order valence-corrected chi connectivity index (χ3v) is 4.52. The predicted octanol–water partition coefficient (Wildman–Crippen LogP) is 4.78. The minimum Gasteiger partial charge on any atom is -0.310 e. The van der Waals surface area contributed by atoms with Crippen molar-refractivity contribution in [3.63, 3.8) is 0 Å². The second-order valence-corrected chi connectivity index (χ2v) is 6.36. The Kier molecular flexibility index (Phi) is 6.02. The van der Waals surface area contributed by atoms with Crippen molar-refractivity contribution in [1.82, 2.24) is 10.3 Å². The van der Waals surface area contributed by atoms with Crippen LogP contribution in [0.5, 0.6) is 0 Å². The van der Waals surface area contributed by atoms with Gasteiger partial charge in [-0.15, -0.1) is 11.3 Å². The van der Waals surface area contributed by atoms with E-state index in [0.29, 0.717) is 6.04 Å². The molecule has 1 N–H and O–H groups in total. The van der Waals surface area contributed by atoms with Gasteiger partial charge in [0.25, 0.3) is 0 Å². The van der Waals surface area contributed by atoms with Crippen molar-refractivity contribution in [3.05, 3.63) is 50.9 Å². The molecule has 0 amide bonds. The van der Waals surface area contributed by atoms with Crippen LogP contribution in [-0.4, -0.2) is 11.5 Å². The molecule has 0 radical (unpaired) electrons. The summed E-state index contributed by atoms with van der Waals surface area (Å²) in [5.41, 5.74) is 2.43. The molecule has 1 aromatic carbocycles. The molecular formula is C16H21ClN2S. The smallest absolute Gasteiger partial charge is 0.0940 e. The molecule has 0 spiro atoms. The van der Waals surface area contributed by atoms with Crippen LogP contribution < -0.4 is 5.32 Å². The van der Waals surface area contributed by atoms with Crippen molar-refractivity contribution in [3.8, 4) is 0 Å². The SMILES string of the molecule is CCCC(NCCc1nc(C)cs1)c1ccc(Cl)cc1. The van der Waals surface area contributed by atoms with E-state index in [1.807, 2.05) is 19.1 Å². The highest BCUT2D eigenvalue weighted by atomic mass is 35.5. The Hall–Kier alpha value is -0.900. The Bertz CT molecular complexity index is 522. The van der Waals surface area contributed by atoms with Crippen molar-refractivity contribution >= 4 is 22.9 Å². The van der Waals surface area contributed by atoms with Crippen LogP contribution in [0.1, 0.15) is 42.1 Å². The van der Waals surface area contributed by atoms with E-state index in [9.17, 15) is 0 Å². The number of thiazole rings is 1. The maximum absolute atomic E-state index is 5.95. The molecule has 0 saturated carbocycles. The van der Waals surface area contributed by atoms with E-state index in [0.717, 1.165) is 36.5 Å².